The van der Waals surface area contributed by atoms with Gasteiger partial charge in [0.2, 0.25) is 0 Å². The summed E-state index contributed by atoms with van der Waals surface area (Å²) in [6, 6.07) is 0. The minimum absolute atomic E-state index is 0.586. The minimum Gasteiger partial charge on any atom is -0.442 e. The smallest absolute Gasteiger partial charge is 0.181 e. The van der Waals surface area contributed by atoms with Gasteiger partial charge in [0, 0.05) is 6.42 Å². The number of hydrogen-bond acceptors (Lipinski definition) is 4. The van der Waals surface area contributed by atoms with Crippen LogP contribution in [0.4, 0.5) is 0 Å². The van der Waals surface area contributed by atoms with E-state index >= 15 is 0 Å². The predicted molar refractivity (Wildman–Crippen MR) is 51.6 cm³/mol. The molecule has 0 aliphatic carbocycles. The number of imidazole rings is 1. The van der Waals surface area contributed by atoms with Crippen molar-refractivity contribution in [2.75, 3.05) is 6.54 Å². The highest BCUT2D eigenvalue weighted by Crippen LogP contribution is 2.19. The molecule has 0 amide bonds. The van der Waals surface area contributed by atoms with E-state index in [1.165, 1.54) is 6.39 Å². The normalized spacial score (nSPS) is 10.7. The fourth-order valence-electron chi connectivity index (χ4n) is 1.30. The number of H-pyrrole nitrogens is 1. The lowest BCUT2D eigenvalue weighted by molar-refractivity contribution is 0.569. The quantitative estimate of drug-likeness (QED) is 0.756. The van der Waals surface area contributed by atoms with Crippen molar-refractivity contribution in [2.24, 2.45) is 5.73 Å². The van der Waals surface area contributed by atoms with Gasteiger partial charge in [-0.05, 0) is 13.5 Å². The van der Waals surface area contributed by atoms with Crippen LogP contribution in [-0.2, 0) is 6.42 Å². The van der Waals surface area contributed by atoms with Crippen molar-refractivity contribution >= 4 is 0 Å². The van der Waals surface area contributed by atoms with Crippen LogP contribution in [0, 0.1) is 6.92 Å². The van der Waals surface area contributed by atoms with E-state index in [0.717, 1.165) is 29.4 Å². The van der Waals surface area contributed by atoms with E-state index in [-0.39, 0.29) is 0 Å². The highest BCUT2D eigenvalue weighted by atomic mass is 16.3. The van der Waals surface area contributed by atoms with Gasteiger partial charge in [-0.15, -0.1) is 0 Å². The van der Waals surface area contributed by atoms with Crippen LogP contribution in [0.2, 0.25) is 0 Å². The first-order valence-electron chi connectivity index (χ1n) is 4.45. The Morgan fingerprint density at radius 3 is 3.00 bits per heavy atom. The summed E-state index contributed by atoms with van der Waals surface area (Å²) in [7, 11) is 0. The summed E-state index contributed by atoms with van der Waals surface area (Å²) in [5.74, 6) is 1.61. The van der Waals surface area contributed by atoms with E-state index in [4.69, 9.17) is 10.2 Å². The third-order valence-corrected chi connectivity index (χ3v) is 2.00. The molecule has 0 saturated heterocycles. The topological polar surface area (TPSA) is 80.7 Å². The van der Waals surface area contributed by atoms with Gasteiger partial charge in [-0.1, -0.05) is 0 Å². The maximum Gasteiger partial charge on any atom is 0.181 e. The molecule has 2 rings (SSSR count). The maximum atomic E-state index is 5.42. The molecule has 0 spiro atoms. The van der Waals surface area contributed by atoms with Crippen LogP contribution in [0.15, 0.2) is 17.0 Å². The Labute approximate surface area is 81.4 Å². The van der Waals surface area contributed by atoms with E-state index in [1.54, 1.807) is 6.20 Å². The van der Waals surface area contributed by atoms with Crippen molar-refractivity contribution in [2.45, 2.75) is 13.3 Å². The number of nitrogens with two attached hydrogens (primary N) is 1. The summed E-state index contributed by atoms with van der Waals surface area (Å²) in [5.41, 5.74) is 7.13. The SMILES string of the molecule is Cc1ncoc1-c1cnc(CCN)[nH]1. The van der Waals surface area contributed by atoms with Gasteiger partial charge in [-0.3, -0.25) is 0 Å². The van der Waals surface area contributed by atoms with Gasteiger partial charge in [-0.25, -0.2) is 9.97 Å². The fraction of sp³-hybridized carbons (Fsp3) is 0.333. The van der Waals surface area contributed by atoms with Gasteiger partial charge in [0.25, 0.3) is 0 Å². The van der Waals surface area contributed by atoms with Gasteiger partial charge >= 0.3 is 0 Å². The van der Waals surface area contributed by atoms with Crippen LogP contribution in [-0.4, -0.2) is 21.5 Å². The van der Waals surface area contributed by atoms with Crippen molar-refractivity contribution in [3.63, 3.8) is 0 Å². The van der Waals surface area contributed by atoms with E-state index in [9.17, 15) is 0 Å². The highest BCUT2D eigenvalue weighted by molar-refractivity contribution is 5.53. The predicted octanol–water partition coefficient (Wildman–Crippen LogP) is 0.874. The monoisotopic (exact) mass is 192 g/mol. The lowest BCUT2D eigenvalue weighted by atomic mass is 10.3. The number of nitrogens with zero attached hydrogens (tertiary/aromatic N) is 2. The van der Waals surface area contributed by atoms with Crippen LogP contribution >= 0.6 is 0 Å². The van der Waals surface area contributed by atoms with Crippen LogP contribution < -0.4 is 5.73 Å². The number of oxazole rings is 1. The number of rotatable bonds is 3. The number of hydrogen-bond donors (Lipinski definition) is 2. The highest BCUT2D eigenvalue weighted by Gasteiger charge is 2.09. The molecule has 2 heterocycles. The average Bonchev–Trinajstić information content (AvgIpc) is 2.74. The zero-order valence-electron chi connectivity index (χ0n) is 7.95. The number of nitrogens with one attached hydrogen (secondary N) is 1. The van der Waals surface area contributed by atoms with Crippen LogP contribution in [0.3, 0.4) is 0 Å². The van der Waals surface area contributed by atoms with E-state index < -0.39 is 0 Å². The molecule has 0 saturated carbocycles. The minimum atomic E-state index is 0.586. The van der Waals surface area contributed by atoms with Crippen molar-refractivity contribution < 1.29 is 4.42 Å². The largest absolute Gasteiger partial charge is 0.442 e. The average molecular weight is 192 g/mol. The first-order valence-corrected chi connectivity index (χ1v) is 4.45. The molecule has 2 aromatic heterocycles. The first-order chi connectivity index (χ1) is 6.81. The number of aromatic amines is 1. The number of aryl methyl sites for hydroxylation is 1. The molecule has 0 bridgehead atoms. The van der Waals surface area contributed by atoms with Gasteiger partial charge in [0.05, 0.1) is 11.9 Å². The number of aromatic nitrogens is 3. The molecule has 0 aliphatic heterocycles. The Hall–Kier alpha value is -1.62. The molecular formula is C9H12N4O. The van der Waals surface area contributed by atoms with Crippen molar-refractivity contribution in [3.8, 4) is 11.5 Å². The lowest BCUT2D eigenvalue weighted by Crippen LogP contribution is -2.03. The zero-order chi connectivity index (χ0) is 9.97. The molecule has 0 fully saturated rings. The van der Waals surface area contributed by atoms with E-state index in [1.807, 2.05) is 6.92 Å². The van der Waals surface area contributed by atoms with Gasteiger partial charge in [0.1, 0.15) is 11.5 Å². The van der Waals surface area contributed by atoms with Crippen LogP contribution in [0.5, 0.6) is 0 Å². The van der Waals surface area contributed by atoms with Crippen LogP contribution in [0.1, 0.15) is 11.5 Å². The lowest BCUT2D eigenvalue weighted by Gasteiger charge is -1.92. The second-order valence-corrected chi connectivity index (χ2v) is 3.05. The van der Waals surface area contributed by atoms with Gasteiger partial charge < -0.3 is 15.1 Å². The van der Waals surface area contributed by atoms with E-state index in [0.29, 0.717) is 6.54 Å². The Kier molecular flexibility index (Phi) is 2.32. The summed E-state index contributed by atoms with van der Waals surface area (Å²) in [4.78, 5) is 11.3. The molecule has 0 radical (unpaired) electrons. The van der Waals surface area contributed by atoms with Gasteiger partial charge in [0.15, 0.2) is 12.2 Å². The second kappa shape index (κ2) is 3.63. The molecule has 3 N–H and O–H groups in total. The molecule has 2 aromatic rings. The van der Waals surface area contributed by atoms with Crippen LogP contribution in [0.25, 0.3) is 11.5 Å². The van der Waals surface area contributed by atoms with Gasteiger partial charge in [-0.2, -0.15) is 0 Å². The first kappa shape index (κ1) is 8.96. The fourth-order valence-corrected chi connectivity index (χ4v) is 1.30. The summed E-state index contributed by atoms with van der Waals surface area (Å²) >= 11 is 0. The molecular weight excluding hydrogens is 180 g/mol. The third kappa shape index (κ3) is 1.54. The Bertz CT molecular complexity index is 418. The molecule has 14 heavy (non-hydrogen) atoms. The molecule has 0 unspecified atom stereocenters. The Morgan fingerprint density at radius 1 is 1.50 bits per heavy atom. The zero-order valence-corrected chi connectivity index (χ0v) is 7.95. The standard InChI is InChI=1S/C9H12N4O/c1-6-9(14-5-12-6)7-4-11-8(13-7)2-3-10/h4-5H,2-3,10H2,1H3,(H,11,13). The molecule has 0 aromatic carbocycles. The molecule has 0 aliphatic rings. The second-order valence-electron chi connectivity index (χ2n) is 3.05. The van der Waals surface area contributed by atoms with E-state index in [2.05, 4.69) is 15.0 Å². The summed E-state index contributed by atoms with van der Waals surface area (Å²) in [6.07, 6.45) is 3.90. The van der Waals surface area contributed by atoms with Crippen molar-refractivity contribution in [1.29, 1.82) is 0 Å². The summed E-state index contributed by atoms with van der Waals surface area (Å²) in [6.45, 7) is 2.48. The molecule has 5 nitrogen and oxygen atoms in total. The molecule has 74 valence electrons. The van der Waals surface area contributed by atoms with Crippen molar-refractivity contribution in [1.82, 2.24) is 15.0 Å². The Balaban J connectivity index is 2.29. The summed E-state index contributed by atoms with van der Waals surface area (Å²) in [5, 5.41) is 0. The molecule has 5 heteroatoms. The molecule has 0 atom stereocenters. The van der Waals surface area contributed by atoms with Crippen molar-refractivity contribution in [3.05, 3.63) is 24.1 Å². The Morgan fingerprint density at radius 2 is 2.36 bits per heavy atom. The third-order valence-electron chi connectivity index (χ3n) is 2.00. The summed E-state index contributed by atoms with van der Waals surface area (Å²) < 4.78 is 5.23. The maximum absolute atomic E-state index is 5.42.